The first-order chi connectivity index (χ1) is 28.2. The number of nitrogens with zero attached hydrogens (tertiary/aromatic N) is 5. The van der Waals surface area contributed by atoms with Crippen molar-refractivity contribution < 1.29 is 42.4 Å². The number of carboxylic acids is 2. The van der Waals surface area contributed by atoms with Crippen LogP contribution >= 0.6 is 0 Å². The van der Waals surface area contributed by atoms with Crippen LogP contribution < -0.4 is 30.5 Å². The number of aromatic nitrogens is 2. The highest BCUT2D eigenvalue weighted by Crippen LogP contribution is 2.44. The summed E-state index contributed by atoms with van der Waals surface area (Å²) in [5.41, 5.74) is -1.43. The molecule has 14 nitrogen and oxygen atoms in total. The number of ether oxygens (including phenoxy) is 2. The van der Waals surface area contributed by atoms with Crippen LogP contribution in [-0.4, -0.2) is 119 Å². The Hall–Kier alpha value is -5.13. The fourth-order valence-corrected chi connectivity index (χ4v) is 8.83. The minimum absolute atomic E-state index is 0.0542. The zero-order valence-corrected chi connectivity index (χ0v) is 33.5. The first-order valence-electron chi connectivity index (χ1n) is 20.3. The van der Waals surface area contributed by atoms with Gasteiger partial charge in [0, 0.05) is 56.2 Å². The molecule has 4 aromatic rings. The molecule has 6 heterocycles. The summed E-state index contributed by atoms with van der Waals surface area (Å²) in [6, 6.07) is 4.21. The van der Waals surface area contributed by atoms with Crippen LogP contribution in [0.5, 0.6) is 11.5 Å². The van der Waals surface area contributed by atoms with Crippen LogP contribution in [0.1, 0.15) is 85.2 Å². The number of rotatable bonds is 7. The van der Waals surface area contributed by atoms with Crippen molar-refractivity contribution in [2.45, 2.75) is 88.6 Å². The number of carboxylic acid groups (broad SMARTS) is 2. The average Bonchev–Trinajstić information content (AvgIpc) is 4.13. The highest BCUT2D eigenvalue weighted by Gasteiger charge is 2.38. The Balaban J connectivity index is 0.000000138. The smallest absolute Gasteiger partial charge is 0.341 e. The summed E-state index contributed by atoms with van der Waals surface area (Å²) in [4.78, 5) is 54.3. The van der Waals surface area contributed by atoms with E-state index >= 15 is 4.39 Å². The quantitative estimate of drug-likeness (QED) is 0.234. The number of hydrogen-bond acceptors (Lipinski definition) is 10. The van der Waals surface area contributed by atoms with Gasteiger partial charge < -0.3 is 39.0 Å². The van der Waals surface area contributed by atoms with E-state index in [9.17, 15) is 33.1 Å². The minimum Gasteiger partial charge on any atom is -0.487 e. The molecule has 4 atom stereocenters. The van der Waals surface area contributed by atoms with Gasteiger partial charge >= 0.3 is 11.9 Å². The number of aromatic carboxylic acids is 2. The van der Waals surface area contributed by atoms with E-state index in [-0.39, 0.29) is 46.3 Å². The van der Waals surface area contributed by atoms with Gasteiger partial charge in [0.05, 0.1) is 33.9 Å². The van der Waals surface area contributed by atoms with Crippen molar-refractivity contribution in [3.63, 3.8) is 0 Å². The summed E-state index contributed by atoms with van der Waals surface area (Å²) in [6.45, 7) is 7.82. The number of hydrogen-bond donors (Lipinski definition) is 3. The maximum atomic E-state index is 15.3. The van der Waals surface area contributed by atoms with Crippen molar-refractivity contribution in [3.05, 3.63) is 73.6 Å². The lowest BCUT2D eigenvalue weighted by Crippen LogP contribution is -2.36. The molecule has 2 aromatic carbocycles. The Bertz CT molecular complexity index is 2460. The van der Waals surface area contributed by atoms with Gasteiger partial charge in [-0.1, -0.05) is 0 Å². The third kappa shape index (κ3) is 7.52. The highest BCUT2D eigenvalue weighted by molar-refractivity contribution is 5.97. The van der Waals surface area contributed by atoms with Gasteiger partial charge in [0.2, 0.25) is 16.7 Å². The molecule has 3 N–H and O–H groups in total. The molecule has 2 aromatic heterocycles. The number of pyridine rings is 2. The molecular formula is C42H49F3N6O8. The first-order valence-corrected chi connectivity index (χ1v) is 20.3. The van der Waals surface area contributed by atoms with Crippen LogP contribution in [0.3, 0.4) is 0 Å². The number of benzene rings is 2. The van der Waals surface area contributed by atoms with Crippen molar-refractivity contribution in [1.82, 2.24) is 24.3 Å². The average molecular weight is 823 g/mol. The van der Waals surface area contributed by atoms with E-state index in [1.807, 2.05) is 11.8 Å². The van der Waals surface area contributed by atoms with Crippen molar-refractivity contribution in [2.75, 3.05) is 58.4 Å². The van der Waals surface area contributed by atoms with E-state index in [0.717, 1.165) is 24.7 Å². The Kier molecular flexibility index (Phi) is 10.9. The molecule has 17 heteroatoms. The Morgan fingerprint density at radius 3 is 1.75 bits per heavy atom. The van der Waals surface area contributed by atoms with Gasteiger partial charge in [-0.3, -0.25) is 19.4 Å². The molecule has 2 saturated heterocycles. The number of carbonyl (C=O) groups is 2. The van der Waals surface area contributed by atoms with Crippen LogP contribution in [0.15, 0.2) is 34.1 Å². The molecule has 2 saturated carbocycles. The van der Waals surface area contributed by atoms with Crippen LogP contribution in [0.4, 0.5) is 18.9 Å². The summed E-state index contributed by atoms with van der Waals surface area (Å²) in [5, 5.41) is 21.7. The molecule has 0 unspecified atom stereocenters. The lowest BCUT2D eigenvalue weighted by Gasteiger charge is -2.31. The van der Waals surface area contributed by atoms with Gasteiger partial charge in [0.15, 0.2) is 23.1 Å². The monoisotopic (exact) mass is 822 g/mol. The van der Waals surface area contributed by atoms with Crippen molar-refractivity contribution >= 4 is 39.4 Å². The van der Waals surface area contributed by atoms with Crippen LogP contribution in [0.25, 0.3) is 21.8 Å². The fourth-order valence-electron chi connectivity index (χ4n) is 8.83. The second-order valence-electron chi connectivity index (χ2n) is 16.6. The fraction of sp³-hybridized carbons (Fsp3) is 0.524. The molecule has 4 aliphatic heterocycles. The standard InChI is InChI=1S/C21H24FN3O4.C13H9F2NO4.C8H16N2/c1-11-10-29-20-17-14(19(26)15(21(27)28)9-25(11)17)7-16(22)18(20)24-6-5-13(8-24)23(2)12-3-4-12;1-5-4-20-12-9(15)8(14)2-6-10(12)16(5)3-7(11(6)17)13(18)19;1-10(7-2-3-7)8-4-5-9-6-8/h7,9,11-13H,3-6,8,10H2,1-2H3,(H,27,28);2-3,5H,4H2,1H3,(H,18,19);7-9H,2-6H2,1H3/t11-,13+;5-;8-/m001/s1. The van der Waals surface area contributed by atoms with E-state index in [1.165, 1.54) is 62.0 Å². The second-order valence-corrected chi connectivity index (χ2v) is 16.6. The Morgan fingerprint density at radius 1 is 0.729 bits per heavy atom. The molecule has 0 radical (unpaired) electrons. The van der Waals surface area contributed by atoms with Gasteiger partial charge in [-0.15, -0.1) is 0 Å². The number of nitrogens with one attached hydrogen (secondary N) is 1. The molecular weight excluding hydrogens is 773 g/mol. The van der Waals surface area contributed by atoms with Crippen molar-refractivity contribution in [2.24, 2.45) is 0 Å². The topological polar surface area (TPSA) is 159 Å². The van der Waals surface area contributed by atoms with Crippen molar-refractivity contribution in [1.29, 1.82) is 0 Å². The van der Waals surface area contributed by atoms with Crippen molar-refractivity contribution in [3.8, 4) is 11.5 Å². The van der Waals surface area contributed by atoms with Gasteiger partial charge in [-0.25, -0.2) is 18.4 Å². The zero-order chi connectivity index (χ0) is 42.0. The normalized spacial score (nSPS) is 23.1. The first kappa shape index (κ1) is 40.6. The number of halogens is 3. The van der Waals surface area contributed by atoms with Crippen LogP contribution in [0, 0.1) is 17.5 Å². The molecule has 0 spiro atoms. The van der Waals surface area contributed by atoms with E-state index in [2.05, 4.69) is 29.2 Å². The van der Waals surface area contributed by atoms with E-state index in [4.69, 9.17) is 14.6 Å². The molecule has 10 rings (SSSR count). The summed E-state index contributed by atoms with van der Waals surface area (Å²) in [5.74, 6) is -5.69. The lowest BCUT2D eigenvalue weighted by molar-refractivity contribution is 0.0683. The third-order valence-corrected chi connectivity index (χ3v) is 12.6. The Morgan fingerprint density at radius 2 is 1.24 bits per heavy atom. The van der Waals surface area contributed by atoms with Gasteiger partial charge in [-0.2, -0.15) is 4.39 Å². The van der Waals surface area contributed by atoms with E-state index in [0.29, 0.717) is 54.8 Å². The number of likely N-dealkylation sites (N-methyl/N-ethyl adjacent to an activating group) is 2. The maximum absolute atomic E-state index is 15.3. The summed E-state index contributed by atoms with van der Waals surface area (Å²) in [6.07, 6.45) is 10.1. The SMILES string of the molecule is CN(C1CC1)[C@@H]1CCNC1.C[C@H]1COc2c(F)c(F)cc3c(=O)c(C(=O)O)cn1c23.C[C@H]1COc2c(N3CC[C@@H](N(C)C4CC4)C3)c(F)cc3c(=O)c(C(=O)O)cn1c23. The molecule has 4 fully saturated rings. The van der Waals surface area contributed by atoms with Gasteiger partial charge in [0.25, 0.3) is 0 Å². The molecule has 2 aliphatic carbocycles. The van der Waals surface area contributed by atoms with Gasteiger partial charge in [-0.05, 0) is 85.1 Å². The molecule has 0 bridgehead atoms. The van der Waals surface area contributed by atoms with Gasteiger partial charge in [0.1, 0.15) is 30.0 Å². The summed E-state index contributed by atoms with van der Waals surface area (Å²) in [7, 11) is 4.41. The summed E-state index contributed by atoms with van der Waals surface area (Å²) < 4.78 is 56.8. The molecule has 316 valence electrons. The molecule has 0 amide bonds. The largest absolute Gasteiger partial charge is 0.487 e. The molecule has 59 heavy (non-hydrogen) atoms. The number of anilines is 1. The predicted octanol–water partition coefficient (Wildman–Crippen LogP) is 4.84. The summed E-state index contributed by atoms with van der Waals surface area (Å²) >= 11 is 0. The third-order valence-electron chi connectivity index (χ3n) is 12.6. The minimum atomic E-state index is -1.41. The van der Waals surface area contributed by atoms with E-state index in [1.54, 1.807) is 11.5 Å². The molecule has 6 aliphatic rings. The maximum Gasteiger partial charge on any atom is 0.341 e. The van der Waals surface area contributed by atoms with E-state index < -0.39 is 45.8 Å². The predicted molar refractivity (Wildman–Crippen MR) is 214 cm³/mol. The lowest BCUT2D eigenvalue weighted by atomic mass is 10.1. The second kappa shape index (κ2) is 15.8. The highest BCUT2D eigenvalue weighted by atomic mass is 19.2. The van der Waals surface area contributed by atoms with Crippen LogP contribution in [0.2, 0.25) is 0 Å². The zero-order valence-electron chi connectivity index (χ0n) is 33.5. The van der Waals surface area contributed by atoms with Crippen LogP contribution in [-0.2, 0) is 0 Å². The Labute approximate surface area is 337 Å².